The van der Waals surface area contributed by atoms with Crippen molar-refractivity contribution in [2.45, 2.75) is 32.2 Å². The summed E-state index contributed by atoms with van der Waals surface area (Å²) < 4.78 is 4.69. The van der Waals surface area contributed by atoms with Crippen LogP contribution in [0.15, 0.2) is 30.3 Å². The molecule has 2 amide bonds. The molecule has 130 valence electrons. The predicted molar refractivity (Wildman–Crippen MR) is 89.3 cm³/mol. The molecule has 1 aliphatic rings. The number of hydrogen-bond donors (Lipinski definition) is 1. The van der Waals surface area contributed by atoms with Crippen LogP contribution in [-0.2, 0) is 14.3 Å². The Morgan fingerprint density at radius 2 is 1.71 bits per heavy atom. The van der Waals surface area contributed by atoms with Crippen LogP contribution in [-0.4, -0.2) is 48.4 Å². The minimum atomic E-state index is -1.05. The summed E-state index contributed by atoms with van der Waals surface area (Å²) in [4.78, 5) is 38.2. The zero-order chi connectivity index (χ0) is 17.7. The van der Waals surface area contributed by atoms with Crippen molar-refractivity contribution in [3.63, 3.8) is 0 Å². The molecule has 1 N–H and O–H groups in total. The molecule has 0 saturated carbocycles. The maximum Gasteiger partial charge on any atom is 0.330 e. The fourth-order valence-electron chi connectivity index (χ4n) is 2.82. The zero-order valence-electron chi connectivity index (χ0n) is 14.4. The highest BCUT2D eigenvalue weighted by Gasteiger charge is 2.34. The molecule has 0 bridgehead atoms. The van der Waals surface area contributed by atoms with Gasteiger partial charge in [-0.2, -0.15) is 0 Å². The third kappa shape index (κ3) is 4.13. The number of likely N-dealkylation sites (tertiary alicyclic amines) is 1. The largest absolute Gasteiger partial charge is 0.467 e. The number of methoxy groups -OCH3 is 1. The SMILES string of the molecule is COC(=O)C(C)(C)NC(=O)C1CCN(C(=O)c2ccccc2)CC1. The lowest BCUT2D eigenvalue weighted by molar-refractivity contribution is -0.150. The minimum Gasteiger partial charge on any atom is -0.467 e. The summed E-state index contributed by atoms with van der Waals surface area (Å²) in [5.74, 6) is -0.858. The number of ether oxygens (including phenoxy) is 1. The van der Waals surface area contributed by atoms with Crippen LogP contribution < -0.4 is 5.32 Å². The van der Waals surface area contributed by atoms with Crippen molar-refractivity contribution in [2.75, 3.05) is 20.2 Å². The quantitative estimate of drug-likeness (QED) is 0.850. The first-order valence-corrected chi connectivity index (χ1v) is 8.10. The van der Waals surface area contributed by atoms with Gasteiger partial charge in [0.1, 0.15) is 5.54 Å². The van der Waals surface area contributed by atoms with Crippen LogP contribution in [0.3, 0.4) is 0 Å². The third-order valence-electron chi connectivity index (χ3n) is 4.31. The van der Waals surface area contributed by atoms with Crippen LogP contribution >= 0.6 is 0 Å². The molecule has 24 heavy (non-hydrogen) atoms. The molecule has 0 spiro atoms. The van der Waals surface area contributed by atoms with Crippen molar-refractivity contribution in [2.24, 2.45) is 5.92 Å². The Balaban J connectivity index is 1.89. The summed E-state index contributed by atoms with van der Waals surface area (Å²) >= 11 is 0. The fraction of sp³-hybridized carbons (Fsp3) is 0.500. The Hall–Kier alpha value is -2.37. The summed E-state index contributed by atoms with van der Waals surface area (Å²) in [6.07, 6.45) is 1.17. The van der Waals surface area contributed by atoms with Crippen molar-refractivity contribution in [1.29, 1.82) is 0 Å². The van der Waals surface area contributed by atoms with E-state index in [1.807, 2.05) is 18.2 Å². The first-order valence-electron chi connectivity index (χ1n) is 8.10. The molecule has 2 rings (SSSR count). The smallest absolute Gasteiger partial charge is 0.330 e. The van der Waals surface area contributed by atoms with Crippen LogP contribution in [0, 0.1) is 5.92 Å². The van der Waals surface area contributed by atoms with Crippen molar-refractivity contribution in [1.82, 2.24) is 10.2 Å². The standard InChI is InChI=1S/C18H24N2O4/c1-18(2,17(23)24-3)19-15(21)13-9-11-20(12-10-13)16(22)14-7-5-4-6-8-14/h4-8,13H,9-12H2,1-3H3,(H,19,21). The topological polar surface area (TPSA) is 75.7 Å². The Labute approximate surface area is 142 Å². The van der Waals surface area contributed by atoms with Crippen LogP contribution in [0.2, 0.25) is 0 Å². The molecule has 1 fully saturated rings. The highest BCUT2D eigenvalue weighted by molar-refractivity contribution is 5.94. The van der Waals surface area contributed by atoms with Crippen LogP contribution in [0.1, 0.15) is 37.0 Å². The van der Waals surface area contributed by atoms with Crippen molar-refractivity contribution < 1.29 is 19.1 Å². The molecule has 1 aromatic carbocycles. The lowest BCUT2D eigenvalue weighted by atomic mass is 9.93. The van der Waals surface area contributed by atoms with Crippen LogP contribution in [0.25, 0.3) is 0 Å². The summed E-state index contributed by atoms with van der Waals surface area (Å²) in [5.41, 5.74) is -0.393. The number of carbonyl (C=O) groups excluding carboxylic acids is 3. The first-order chi connectivity index (χ1) is 11.3. The van der Waals surface area contributed by atoms with E-state index in [0.29, 0.717) is 31.5 Å². The van der Waals surface area contributed by atoms with E-state index in [4.69, 9.17) is 4.74 Å². The number of rotatable bonds is 4. The highest BCUT2D eigenvalue weighted by atomic mass is 16.5. The average molecular weight is 332 g/mol. The molecule has 1 heterocycles. The van der Waals surface area contributed by atoms with Crippen LogP contribution in [0.4, 0.5) is 0 Å². The lowest BCUT2D eigenvalue weighted by Crippen LogP contribution is -2.53. The third-order valence-corrected chi connectivity index (χ3v) is 4.31. The summed E-state index contributed by atoms with van der Waals surface area (Å²) in [6, 6.07) is 9.13. The first kappa shape index (κ1) is 18.0. The molecule has 6 nitrogen and oxygen atoms in total. The Bertz CT molecular complexity index is 605. The molecule has 0 aliphatic carbocycles. The maximum absolute atomic E-state index is 12.4. The van der Waals surface area contributed by atoms with Gasteiger partial charge in [-0.1, -0.05) is 18.2 Å². The van der Waals surface area contributed by atoms with Gasteiger partial charge in [0.15, 0.2) is 0 Å². The molecule has 1 aromatic rings. The second-order valence-corrected chi connectivity index (χ2v) is 6.54. The van der Waals surface area contributed by atoms with E-state index in [-0.39, 0.29) is 17.7 Å². The van der Waals surface area contributed by atoms with Gasteiger partial charge in [0.05, 0.1) is 7.11 Å². The number of hydrogen-bond acceptors (Lipinski definition) is 4. The van der Waals surface area contributed by atoms with Crippen molar-refractivity contribution in [3.05, 3.63) is 35.9 Å². The number of benzene rings is 1. The van der Waals surface area contributed by atoms with E-state index < -0.39 is 11.5 Å². The van der Waals surface area contributed by atoms with E-state index in [1.165, 1.54) is 7.11 Å². The average Bonchev–Trinajstić information content (AvgIpc) is 2.60. The molecule has 1 saturated heterocycles. The fourth-order valence-corrected chi connectivity index (χ4v) is 2.82. The van der Waals surface area contributed by atoms with E-state index in [0.717, 1.165) is 0 Å². The van der Waals surface area contributed by atoms with E-state index >= 15 is 0 Å². The van der Waals surface area contributed by atoms with Gasteiger partial charge in [-0.15, -0.1) is 0 Å². The molecule has 0 aromatic heterocycles. The van der Waals surface area contributed by atoms with Gasteiger partial charge in [-0.3, -0.25) is 9.59 Å². The number of carbonyl (C=O) groups is 3. The van der Waals surface area contributed by atoms with E-state index in [1.54, 1.807) is 30.9 Å². The molecule has 0 unspecified atom stereocenters. The monoisotopic (exact) mass is 332 g/mol. The Kier molecular flexibility index (Phi) is 5.59. The van der Waals surface area contributed by atoms with Gasteiger partial charge >= 0.3 is 5.97 Å². The maximum atomic E-state index is 12.4. The molecule has 6 heteroatoms. The Morgan fingerprint density at radius 3 is 2.25 bits per heavy atom. The summed E-state index contributed by atoms with van der Waals surface area (Å²) in [7, 11) is 1.30. The highest BCUT2D eigenvalue weighted by Crippen LogP contribution is 2.20. The van der Waals surface area contributed by atoms with E-state index in [9.17, 15) is 14.4 Å². The van der Waals surface area contributed by atoms with Gasteiger partial charge in [0, 0.05) is 24.6 Å². The number of amides is 2. The second kappa shape index (κ2) is 7.47. The summed E-state index contributed by atoms with van der Waals surface area (Å²) in [5, 5.41) is 2.74. The lowest BCUT2D eigenvalue weighted by Gasteiger charge is -2.33. The van der Waals surface area contributed by atoms with Gasteiger partial charge < -0.3 is 15.0 Å². The molecular formula is C18H24N2O4. The molecular weight excluding hydrogens is 308 g/mol. The zero-order valence-corrected chi connectivity index (χ0v) is 14.4. The minimum absolute atomic E-state index is 0.00986. The molecule has 0 radical (unpaired) electrons. The Morgan fingerprint density at radius 1 is 1.12 bits per heavy atom. The van der Waals surface area contributed by atoms with Crippen LogP contribution in [0.5, 0.6) is 0 Å². The molecule has 0 atom stereocenters. The van der Waals surface area contributed by atoms with Gasteiger partial charge in [0.25, 0.3) is 5.91 Å². The number of piperidine rings is 1. The number of esters is 1. The van der Waals surface area contributed by atoms with Gasteiger partial charge in [-0.25, -0.2) is 4.79 Å². The van der Waals surface area contributed by atoms with Crippen molar-refractivity contribution in [3.8, 4) is 0 Å². The van der Waals surface area contributed by atoms with Crippen molar-refractivity contribution >= 4 is 17.8 Å². The normalized spacial score (nSPS) is 15.7. The number of nitrogens with zero attached hydrogens (tertiary/aromatic N) is 1. The molecule has 1 aliphatic heterocycles. The predicted octanol–water partition coefficient (Wildman–Crippen LogP) is 1.61. The second-order valence-electron chi connectivity index (χ2n) is 6.54. The summed E-state index contributed by atoms with van der Waals surface area (Å²) in [6.45, 7) is 4.30. The van der Waals surface area contributed by atoms with Gasteiger partial charge in [0.2, 0.25) is 5.91 Å². The number of nitrogens with one attached hydrogen (secondary N) is 1. The van der Waals surface area contributed by atoms with E-state index in [2.05, 4.69) is 5.32 Å². The van der Waals surface area contributed by atoms with Gasteiger partial charge in [-0.05, 0) is 38.8 Å².